The summed E-state index contributed by atoms with van der Waals surface area (Å²) >= 11 is 0. The quantitative estimate of drug-likeness (QED) is 0.0672. The maximum Gasteiger partial charge on any atom is 0.330 e. The Kier molecular flexibility index (Phi) is 12.4. The Morgan fingerprint density at radius 3 is 1.78 bits per heavy atom. The zero-order chi connectivity index (χ0) is 35.8. The molecule has 2 aliphatic heterocycles. The summed E-state index contributed by atoms with van der Waals surface area (Å²) in [7, 11) is 0. The molecule has 49 heavy (non-hydrogen) atoms. The van der Waals surface area contributed by atoms with Gasteiger partial charge in [0, 0.05) is 45.6 Å². The van der Waals surface area contributed by atoms with Crippen molar-refractivity contribution in [1.29, 1.82) is 0 Å². The SMILES string of the molecule is C=CC(=O)OCCOC(=O)CCC(=O)OCC(CC(C)C)N1C(=O)c2ccc3c4c(ccc(c24)C1=O)C(=O)N(CC(CC)CCCC)C3=O. The van der Waals surface area contributed by atoms with Crippen LogP contribution in [0.2, 0.25) is 0 Å². The first-order valence-electron chi connectivity index (χ1n) is 16.9. The molecule has 2 aromatic rings. The normalized spacial score (nSPS) is 15.0. The van der Waals surface area contributed by atoms with Gasteiger partial charge >= 0.3 is 17.9 Å². The fourth-order valence-corrected chi connectivity index (χ4v) is 6.30. The molecule has 12 heteroatoms. The number of carbonyl (C=O) groups excluding carboxylic acids is 7. The van der Waals surface area contributed by atoms with Gasteiger partial charge in [-0.3, -0.25) is 38.6 Å². The summed E-state index contributed by atoms with van der Waals surface area (Å²) in [5.74, 6) is -4.00. The summed E-state index contributed by atoms with van der Waals surface area (Å²) in [6, 6.07) is 5.32. The van der Waals surface area contributed by atoms with Crippen molar-refractivity contribution in [1.82, 2.24) is 9.80 Å². The van der Waals surface area contributed by atoms with Gasteiger partial charge in [0.2, 0.25) is 0 Å². The fourth-order valence-electron chi connectivity index (χ4n) is 6.30. The third-order valence-electron chi connectivity index (χ3n) is 8.83. The second-order valence-corrected chi connectivity index (χ2v) is 12.7. The first-order valence-corrected chi connectivity index (χ1v) is 16.9. The van der Waals surface area contributed by atoms with Gasteiger partial charge in [-0.25, -0.2) is 4.79 Å². The lowest BCUT2D eigenvalue weighted by atomic mass is 9.84. The number of amides is 4. The highest BCUT2D eigenvalue weighted by molar-refractivity contribution is 6.33. The standard InChI is InChI=1S/C37H44N2O10/c1-6-9-10-23(7-2)20-38-34(43)25-11-13-27-33-28(14-12-26(32(25)33)35(38)44)37(46)39(36(27)45)24(19-22(4)5)21-49-31(42)16-15-30(41)48-18-17-47-29(40)8-3/h8,11-14,22-24H,3,6-7,9-10,15-21H2,1-2,4-5H3. The van der Waals surface area contributed by atoms with E-state index in [4.69, 9.17) is 14.2 Å². The van der Waals surface area contributed by atoms with E-state index in [9.17, 15) is 33.6 Å². The first kappa shape index (κ1) is 37.0. The minimum absolute atomic E-state index is 0.0109. The van der Waals surface area contributed by atoms with Crippen LogP contribution in [0.3, 0.4) is 0 Å². The van der Waals surface area contributed by atoms with Gasteiger partial charge in [-0.05, 0) is 48.9 Å². The van der Waals surface area contributed by atoms with Crippen molar-refractivity contribution in [2.24, 2.45) is 11.8 Å². The summed E-state index contributed by atoms with van der Waals surface area (Å²) in [5.41, 5.74) is 0.914. The van der Waals surface area contributed by atoms with E-state index < -0.39 is 47.6 Å². The van der Waals surface area contributed by atoms with Gasteiger partial charge in [-0.1, -0.05) is 53.5 Å². The van der Waals surface area contributed by atoms with E-state index in [2.05, 4.69) is 13.5 Å². The fraction of sp³-hybridized carbons (Fsp3) is 0.486. The summed E-state index contributed by atoms with van der Waals surface area (Å²) < 4.78 is 15.1. The van der Waals surface area contributed by atoms with Crippen molar-refractivity contribution in [3.8, 4) is 0 Å². The van der Waals surface area contributed by atoms with Crippen molar-refractivity contribution in [2.45, 2.75) is 78.7 Å². The molecule has 0 fully saturated rings. The average Bonchev–Trinajstić information content (AvgIpc) is 3.08. The van der Waals surface area contributed by atoms with Crippen molar-refractivity contribution in [3.63, 3.8) is 0 Å². The van der Waals surface area contributed by atoms with Crippen molar-refractivity contribution in [2.75, 3.05) is 26.4 Å². The Labute approximate surface area is 285 Å². The number of benzene rings is 2. The minimum atomic E-state index is -0.821. The number of hydrogen-bond donors (Lipinski definition) is 0. The zero-order valence-corrected chi connectivity index (χ0v) is 28.6. The third-order valence-corrected chi connectivity index (χ3v) is 8.83. The van der Waals surface area contributed by atoms with E-state index in [-0.39, 0.29) is 72.1 Å². The molecule has 262 valence electrons. The monoisotopic (exact) mass is 676 g/mol. The number of carbonyl (C=O) groups is 7. The lowest BCUT2D eigenvalue weighted by Crippen LogP contribution is -2.50. The van der Waals surface area contributed by atoms with Crippen LogP contribution < -0.4 is 0 Å². The Morgan fingerprint density at radius 1 is 0.776 bits per heavy atom. The smallest absolute Gasteiger partial charge is 0.330 e. The van der Waals surface area contributed by atoms with Crippen LogP contribution in [0.15, 0.2) is 36.9 Å². The molecule has 4 rings (SSSR count). The summed E-state index contributed by atoms with van der Waals surface area (Å²) in [6.07, 6.45) is 4.47. The zero-order valence-electron chi connectivity index (χ0n) is 28.6. The molecule has 0 saturated carbocycles. The van der Waals surface area contributed by atoms with Crippen molar-refractivity contribution < 1.29 is 47.8 Å². The van der Waals surface area contributed by atoms with Crippen LogP contribution in [0.25, 0.3) is 10.8 Å². The van der Waals surface area contributed by atoms with E-state index in [1.54, 1.807) is 12.1 Å². The molecule has 0 N–H and O–H groups in total. The van der Waals surface area contributed by atoms with E-state index >= 15 is 0 Å². The number of rotatable bonds is 18. The highest BCUT2D eigenvalue weighted by Crippen LogP contribution is 2.39. The average molecular weight is 677 g/mol. The summed E-state index contributed by atoms with van der Waals surface area (Å²) in [6.45, 7) is 10.9. The summed E-state index contributed by atoms with van der Waals surface area (Å²) in [4.78, 5) is 93.4. The molecule has 0 saturated heterocycles. The Hall–Kier alpha value is -4.87. The number of esters is 3. The van der Waals surface area contributed by atoms with E-state index in [0.717, 1.165) is 36.7 Å². The predicted octanol–water partition coefficient (Wildman–Crippen LogP) is 5.26. The lowest BCUT2D eigenvalue weighted by molar-refractivity contribution is -0.153. The largest absolute Gasteiger partial charge is 0.463 e. The highest BCUT2D eigenvalue weighted by Gasteiger charge is 2.42. The van der Waals surface area contributed by atoms with Crippen LogP contribution in [0, 0.1) is 11.8 Å². The van der Waals surface area contributed by atoms with E-state index in [1.807, 2.05) is 20.8 Å². The first-order chi connectivity index (χ1) is 23.4. The van der Waals surface area contributed by atoms with Crippen LogP contribution in [0.4, 0.5) is 0 Å². The minimum Gasteiger partial charge on any atom is -0.463 e. The molecular formula is C37H44N2O10. The maximum atomic E-state index is 14.0. The molecular weight excluding hydrogens is 632 g/mol. The third kappa shape index (κ3) is 8.23. The van der Waals surface area contributed by atoms with Crippen molar-refractivity contribution in [3.05, 3.63) is 59.2 Å². The van der Waals surface area contributed by atoms with Gasteiger partial charge in [-0.2, -0.15) is 0 Å². The lowest BCUT2D eigenvalue weighted by Gasteiger charge is -2.36. The number of nitrogens with zero attached hydrogens (tertiary/aromatic N) is 2. The molecule has 4 amide bonds. The maximum absolute atomic E-state index is 14.0. The van der Waals surface area contributed by atoms with Gasteiger partial charge in [0.25, 0.3) is 23.6 Å². The number of ether oxygens (including phenoxy) is 3. The Morgan fingerprint density at radius 2 is 1.29 bits per heavy atom. The number of imide groups is 2. The van der Waals surface area contributed by atoms with Crippen molar-refractivity contribution >= 4 is 52.3 Å². The van der Waals surface area contributed by atoms with Gasteiger partial charge in [0.05, 0.1) is 18.9 Å². The second kappa shape index (κ2) is 16.5. The molecule has 2 aromatic carbocycles. The van der Waals surface area contributed by atoms with Crippen LogP contribution in [-0.2, 0) is 28.6 Å². The van der Waals surface area contributed by atoms with Gasteiger partial charge in [-0.15, -0.1) is 0 Å². The second-order valence-electron chi connectivity index (χ2n) is 12.7. The van der Waals surface area contributed by atoms with E-state index in [0.29, 0.717) is 18.4 Å². The van der Waals surface area contributed by atoms with Gasteiger partial charge in [0.15, 0.2) is 0 Å². The van der Waals surface area contributed by atoms with Crippen LogP contribution in [0.5, 0.6) is 0 Å². The molecule has 2 aliphatic rings. The molecule has 2 unspecified atom stereocenters. The number of hydrogen-bond acceptors (Lipinski definition) is 10. The Bertz CT molecular complexity index is 1590. The van der Waals surface area contributed by atoms with Crippen LogP contribution >= 0.6 is 0 Å². The molecule has 2 heterocycles. The molecule has 0 bridgehead atoms. The molecule has 0 spiro atoms. The summed E-state index contributed by atoms with van der Waals surface area (Å²) in [5, 5.41) is 0.584. The van der Waals surface area contributed by atoms with Gasteiger partial charge < -0.3 is 14.2 Å². The highest BCUT2D eigenvalue weighted by atomic mass is 16.6. The molecule has 12 nitrogen and oxygen atoms in total. The van der Waals surface area contributed by atoms with Crippen LogP contribution in [0.1, 0.15) is 114 Å². The molecule has 0 radical (unpaired) electrons. The Balaban J connectivity index is 1.50. The molecule has 0 aliphatic carbocycles. The van der Waals surface area contributed by atoms with Crippen LogP contribution in [-0.4, -0.2) is 83.7 Å². The topological polar surface area (TPSA) is 154 Å². The molecule has 0 aromatic heterocycles. The van der Waals surface area contributed by atoms with Gasteiger partial charge in [0.1, 0.15) is 19.8 Å². The number of unbranched alkanes of at least 4 members (excludes halogenated alkanes) is 1. The van der Waals surface area contributed by atoms with E-state index in [1.165, 1.54) is 17.0 Å². The molecule has 2 atom stereocenters. The predicted molar refractivity (Wildman–Crippen MR) is 179 cm³/mol.